The van der Waals surface area contributed by atoms with Gasteiger partial charge in [-0.2, -0.15) is 4.98 Å². The number of nitrogens with two attached hydrogens (primary N) is 3. The first kappa shape index (κ1) is 21.8. The number of nitrogens with zero attached hydrogens (tertiary/aromatic N) is 4. The molecular weight excluding hydrogens is 416 g/mol. The molecule has 1 atom stereocenters. The number of aliphatic imine (C=N–C) groups is 1. The van der Waals surface area contributed by atoms with Crippen molar-refractivity contribution >= 4 is 28.5 Å². The summed E-state index contributed by atoms with van der Waals surface area (Å²) in [6, 6.07) is 8.82. The van der Waals surface area contributed by atoms with Crippen LogP contribution in [0.3, 0.4) is 0 Å². The lowest BCUT2D eigenvalue weighted by atomic mass is 9.71. The van der Waals surface area contributed by atoms with Crippen molar-refractivity contribution in [2.45, 2.75) is 37.6 Å². The molecule has 1 fully saturated rings. The standard InChI is InChI=1S/C22H25F2N7O/c1-22(27,20(23)24)16-7-6-11(10-28-16)12-8-13(9-12)18(25)30-19-14-4-3-5-15(32-2)17(14)29-21(26)31-19/h3-7,10,12-13,20H,8-9,27H2,1-2H3,(H4,25,26,29,30,31). The molecule has 4 rings (SSSR count). The average Bonchev–Trinajstić information content (AvgIpc) is 2.72. The van der Waals surface area contributed by atoms with Crippen LogP contribution in [-0.2, 0) is 5.54 Å². The molecule has 1 aliphatic rings. The van der Waals surface area contributed by atoms with E-state index in [0.717, 1.165) is 18.4 Å². The highest BCUT2D eigenvalue weighted by Gasteiger charge is 2.36. The molecule has 0 amide bonds. The van der Waals surface area contributed by atoms with E-state index in [0.29, 0.717) is 28.3 Å². The molecule has 2 heterocycles. The molecule has 32 heavy (non-hydrogen) atoms. The number of rotatable bonds is 6. The Kier molecular flexibility index (Phi) is 5.64. The minimum absolute atomic E-state index is 0.0670. The van der Waals surface area contributed by atoms with E-state index >= 15 is 0 Å². The van der Waals surface area contributed by atoms with Gasteiger partial charge in [0.15, 0.2) is 5.82 Å². The van der Waals surface area contributed by atoms with Crippen molar-refractivity contribution in [3.8, 4) is 5.75 Å². The van der Waals surface area contributed by atoms with Gasteiger partial charge in [-0.3, -0.25) is 4.98 Å². The Morgan fingerprint density at radius 2 is 1.97 bits per heavy atom. The SMILES string of the molecule is COc1cccc2c(N=C(N)C3CC(c4ccc(C(C)(N)C(F)F)nc4)C3)nc(N)nc12. The van der Waals surface area contributed by atoms with Crippen molar-refractivity contribution in [1.82, 2.24) is 15.0 Å². The Balaban J connectivity index is 1.50. The molecule has 1 aromatic carbocycles. The maximum atomic E-state index is 13.1. The van der Waals surface area contributed by atoms with E-state index in [4.69, 9.17) is 21.9 Å². The summed E-state index contributed by atoms with van der Waals surface area (Å²) in [4.78, 5) is 17.2. The number of anilines is 1. The molecule has 1 saturated carbocycles. The molecule has 10 heteroatoms. The van der Waals surface area contributed by atoms with Crippen molar-refractivity contribution < 1.29 is 13.5 Å². The molecule has 8 nitrogen and oxygen atoms in total. The number of methoxy groups -OCH3 is 1. The number of amidine groups is 1. The third kappa shape index (κ3) is 3.93. The first-order valence-electron chi connectivity index (χ1n) is 10.2. The van der Waals surface area contributed by atoms with Gasteiger partial charge in [0.1, 0.15) is 22.6 Å². The van der Waals surface area contributed by atoms with Gasteiger partial charge in [-0.1, -0.05) is 12.1 Å². The fraction of sp³-hybridized carbons (Fsp3) is 0.364. The topological polar surface area (TPSA) is 138 Å². The predicted octanol–water partition coefficient (Wildman–Crippen LogP) is 3.24. The minimum Gasteiger partial charge on any atom is -0.494 e. The zero-order chi connectivity index (χ0) is 23.0. The van der Waals surface area contributed by atoms with Crippen LogP contribution in [-0.4, -0.2) is 34.3 Å². The Labute approximate surface area is 183 Å². The van der Waals surface area contributed by atoms with Crippen LogP contribution >= 0.6 is 0 Å². The predicted molar refractivity (Wildman–Crippen MR) is 119 cm³/mol. The number of hydrogen-bond acceptors (Lipinski definition) is 7. The average molecular weight is 441 g/mol. The van der Waals surface area contributed by atoms with Crippen molar-refractivity contribution in [3.63, 3.8) is 0 Å². The number of alkyl halides is 2. The fourth-order valence-corrected chi connectivity index (χ4v) is 3.80. The highest BCUT2D eigenvalue weighted by Crippen LogP contribution is 2.42. The van der Waals surface area contributed by atoms with Crippen LogP contribution in [0, 0.1) is 5.92 Å². The Bertz CT molecular complexity index is 1160. The maximum absolute atomic E-state index is 13.1. The summed E-state index contributed by atoms with van der Waals surface area (Å²) < 4.78 is 31.6. The summed E-state index contributed by atoms with van der Waals surface area (Å²) in [7, 11) is 1.56. The lowest BCUT2D eigenvalue weighted by Gasteiger charge is -2.35. The van der Waals surface area contributed by atoms with Gasteiger partial charge in [0.2, 0.25) is 5.95 Å². The van der Waals surface area contributed by atoms with Gasteiger partial charge >= 0.3 is 0 Å². The van der Waals surface area contributed by atoms with E-state index in [2.05, 4.69) is 19.9 Å². The molecule has 0 saturated heterocycles. The number of para-hydroxylation sites is 1. The van der Waals surface area contributed by atoms with Gasteiger partial charge in [-0.05, 0) is 49.4 Å². The van der Waals surface area contributed by atoms with Crippen LogP contribution in [0.2, 0.25) is 0 Å². The monoisotopic (exact) mass is 441 g/mol. The zero-order valence-electron chi connectivity index (χ0n) is 17.8. The summed E-state index contributed by atoms with van der Waals surface area (Å²) in [6.07, 6.45) is 0.457. The van der Waals surface area contributed by atoms with Crippen molar-refractivity contribution in [1.29, 1.82) is 0 Å². The molecular formula is C22H25F2N7O. The second-order valence-electron chi connectivity index (χ2n) is 8.22. The molecule has 1 unspecified atom stereocenters. The van der Waals surface area contributed by atoms with Crippen molar-refractivity contribution in [3.05, 3.63) is 47.8 Å². The molecule has 0 aliphatic heterocycles. The molecule has 3 aromatic rings. The summed E-state index contributed by atoms with van der Waals surface area (Å²) in [5, 5.41) is 0.695. The van der Waals surface area contributed by atoms with Crippen LogP contribution in [0.1, 0.15) is 36.9 Å². The van der Waals surface area contributed by atoms with Gasteiger partial charge in [-0.15, -0.1) is 0 Å². The van der Waals surface area contributed by atoms with Gasteiger partial charge in [0.05, 0.1) is 12.8 Å². The zero-order valence-corrected chi connectivity index (χ0v) is 17.8. The smallest absolute Gasteiger partial charge is 0.261 e. The van der Waals surface area contributed by atoms with Crippen molar-refractivity contribution in [2.24, 2.45) is 22.4 Å². The first-order chi connectivity index (χ1) is 15.2. The molecule has 168 valence electrons. The molecule has 0 bridgehead atoms. The lowest BCUT2D eigenvalue weighted by Crippen LogP contribution is -2.41. The normalized spacial score (nSPS) is 20.8. The molecule has 0 spiro atoms. The number of benzene rings is 1. The van der Waals surface area contributed by atoms with E-state index in [9.17, 15) is 8.78 Å². The number of halogens is 2. The first-order valence-corrected chi connectivity index (χ1v) is 10.2. The van der Waals surface area contributed by atoms with Crippen LogP contribution in [0.15, 0.2) is 41.5 Å². The summed E-state index contributed by atoms with van der Waals surface area (Å²) in [6.45, 7) is 1.27. The second kappa shape index (κ2) is 8.27. The number of aromatic nitrogens is 3. The number of fused-ring (bicyclic) bond motifs is 1. The maximum Gasteiger partial charge on any atom is 0.261 e. The van der Waals surface area contributed by atoms with Gasteiger partial charge in [-0.25, -0.2) is 18.8 Å². The van der Waals surface area contributed by atoms with Gasteiger partial charge < -0.3 is 21.9 Å². The summed E-state index contributed by atoms with van der Waals surface area (Å²) >= 11 is 0. The largest absolute Gasteiger partial charge is 0.494 e. The van der Waals surface area contributed by atoms with E-state index in [-0.39, 0.29) is 23.5 Å². The molecule has 0 radical (unpaired) electrons. The Hall–Kier alpha value is -3.40. The van der Waals surface area contributed by atoms with Crippen LogP contribution in [0.25, 0.3) is 10.9 Å². The van der Waals surface area contributed by atoms with Crippen molar-refractivity contribution in [2.75, 3.05) is 12.8 Å². The summed E-state index contributed by atoms with van der Waals surface area (Å²) in [5.74, 6) is 1.80. The quantitative estimate of drug-likeness (QED) is 0.394. The van der Waals surface area contributed by atoms with E-state index in [1.54, 1.807) is 31.5 Å². The molecule has 2 aromatic heterocycles. The van der Waals surface area contributed by atoms with Gasteiger partial charge in [0, 0.05) is 17.5 Å². The number of ether oxygens (including phenoxy) is 1. The lowest BCUT2D eigenvalue weighted by molar-refractivity contribution is 0.0601. The Morgan fingerprint density at radius 3 is 2.59 bits per heavy atom. The fourth-order valence-electron chi connectivity index (χ4n) is 3.80. The van der Waals surface area contributed by atoms with Crippen LogP contribution < -0.4 is 21.9 Å². The van der Waals surface area contributed by atoms with E-state index in [1.807, 2.05) is 12.1 Å². The molecule has 1 aliphatic carbocycles. The van der Waals surface area contributed by atoms with Crippen LogP contribution in [0.4, 0.5) is 20.5 Å². The minimum atomic E-state index is -2.70. The molecule has 6 N–H and O–H groups in total. The third-order valence-corrected chi connectivity index (χ3v) is 5.96. The number of pyridine rings is 1. The third-order valence-electron chi connectivity index (χ3n) is 5.96. The summed E-state index contributed by atoms with van der Waals surface area (Å²) in [5.41, 5.74) is 17.7. The van der Waals surface area contributed by atoms with Crippen LogP contribution in [0.5, 0.6) is 5.75 Å². The number of nitrogen functional groups attached to an aromatic ring is 1. The Morgan fingerprint density at radius 1 is 1.22 bits per heavy atom. The van der Waals surface area contributed by atoms with E-state index in [1.165, 1.54) is 6.92 Å². The highest BCUT2D eigenvalue weighted by atomic mass is 19.3. The van der Waals surface area contributed by atoms with E-state index < -0.39 is 12.0 Å². The highest BCUT2D eigenvalue weighted by molar-refractivity contribution is 5.96. The number of hydrogen-bond donors (Lipinski definition) is 3. The van der Waals surface area contributed by atoms with Gasteiger partial charge in [0.25, 0.3) is 6.43 Å². The second-order valence-corrected chi connectivity index (χ2v) is 8.22.